The Morgan fingerprint density at radius 3 is 2.56 bits per heavy atom. The van der Waals surface area contributed by atoms with Gasteiger partial charge in [0, 0.05) is 37.1 Å². The molecule has 4 nitrogen and oxygen atoms in total. The van der Waals surface area contributed by atoms with Crippen molar-refractivity contribution in [2.45, 2.75) is 39.8 Å². The van der Waals surface area contributed by atoms with Crippen LogP contribution in [0.25, 0.3) is 0 Å². The monoisotopic (exact) mass is 258 g/mol. The Morgan fingerprint density at radius 1 is 1.39 bits per heavy atom. The largest absolute Gasteiger partial charge is 0.338 e. The number of rotatable bonds is 6. The van der Waals surface area contributed by atoms with Gasteiger partial charge in [0.25, 0.3) is 6.43 Å². The number of hydrogen-bond donors (Lipinski definition) is 1. The molecule has 0 saturated carbocycles. The van der Waals surface area contributed by atoms with Gasteiger partial charge in [-0.2, -0.15) is 0 Å². The van der Waals surface area contributed by atoms with Crippen LogP contribution in [0, 0.1) is 6.92 Å². The van der Waals surface area contributed by atoms with Crippen molar-refractivity contribution in [2.24, 2.45) is 0 Å². The standard InChI is InChI=1S/C12H20F2N4/c1-8(2)15-5-10-6-16-12(17-9(10)3)18(4)7-11(13)14/h6,8,11,15H,5,7H2,1-4H3. The number of anilines is 1. The molecule has 1 rings (SSSR count). The highest BCUT2D eigenvalue weighted by atomic mass is 19.3. The third-order valence-electron chi connectivity index (χ3n) is 2.52. The number of nitrogens with zero attached hydrogens (tertiary/aromatic N) is 3. The van der Waals surface area contributed by atoms with Gasteiger partial charge >= 0.3 is 0 Å². The van der Waals surface area contributed by atoms with E-state index >= 15 is 0 Å². The Hall–Kier alpha value is -1.30. The van der Waals surface area contributed by atoms with Crippen molar-refractivity contribution in [3.05, 3.63) is 17.5 Å². The van der Waals surface area contributed by atoms with Gasteiger partial charge in [0.1, 0.15) is 0 Å². The van der Waals surface area contributed by atoms with E-state index in [0.717, 1.165) is 11.3 Å². The molecular formula is C12H20F2N4. The quantitative estimate of drug-likeness (QED) is 0.847. The molecule has 0 saturated heterocycles. The van der Waals surface area contributed by atoms with Gasteiger partial charge in [0.2, 0.25) is 5.95 Å². The molecule has 0 radical (unpaired) electrons. The van der Waals surface area contributed by atoms with Gasteiger partial charge in [0.05, 0.1) is 6.54 Å². The van der Waals surface area contributed by atoms with Gasteiger partial charge in [0.15, 0.2) is 0 Å². The molecule has 0 aliphatic heterocycles. The molecule has 0 aliphatic rings. The molecule has 1 aromatic heterocycles. The summed E-state index contributed by atoms with van der Waals surface area (Å²) in [6.45, 7) is 6.30. The zero-order valence-corrected chi connectivity index (χ0v) is 11.2. The third-order valence-corrected chi connectivity index (χ3v) is 2.52. The lowest BCUT2D eigenvalue weighted by molar-refractivity contribution is 0.156. The number of halogens is 2. The maximum atomic E-state index is 12.3. The Morgan fingerprint density at radius 2 is 2.06 bits per heavy atom. The summed E-state index contributed by atoms with van der Waals surface area (Å²) in [7, 11) is 1.56. The zero-order chi connectivity index (χ0) is 13.7. The van der Waals surface area contributed by atoms with Crippen LogP contribution in [-0.2, 0) is 6.54 Å². The van der Waals surface area contributed by atoms with Gasteiger partial charge in [-0.15, -0.1) is 0 Å². The fourth-order valence-corrected chi connectivity index (χ4v) is 1.44. The molecule has 6 heteroatoms. The first kappa shape index (κ1) is 14.8. The van der Waals surface area contributed by atoms with Crippen LogP contribution in [0.5, 0.6) is 0 Å². The van der Waals surface area contributed by atoms with E-state index in [1.165, 1.54) is 4.90 Å². The Kier molecular flexibility index (Phi) is 5.40. The number of alkyl halides is 2. The highest BCUT2D eigenvalue weighted by molar-refractivity contribution is 5.31. The molecule has 102 valence electrons. The molecule has 0 amide bonds. The van der Waals surface area contributed by atoms with Crippen molar-refractivity contribution in [1.82, 2.24) is 15.3 Å². The zero-order valence-electron chi connectivity index (χ0n) is 11.2. The maximum absolute atomic E-state index is 12.3. The molecule has 1 heterocycles. The summed E-state index contributed by atoms with van der Waals surface area (Å²) >= 11 is 0. The van der Waals surface area contributed by atoms with Crippen LogP contribution < -0.4 is 10.2 Å². The lowest BCUT2D eigenvalue weighted by atomic mass is 10.2. The average Bonchev–Trinajstić information content (AvgIpc) is 2.26. The summed E-state index contributed by atoms with van der Waals surface area (Å²) in [4.78, 5) is 9.72. The van der Waals surface area contributed by atoms with Gasteiger partial charge in [-0.3, -0.25) is 0 Å². The van der Waals surface area contributed by atoms with Crippen molar-refractivity contribution in [1.29, 1.82) is 0 Å². The van der Waals surface area contributed by atoms with Crippen LogP contribution in [0.15, 0.2) is 6.20 Å². The molecule has 0 aromatic carbocycles. The Labute approximate surface area is 106 Å². The number of aryl methyl sites for hydroxylation is 1. The van der Waals surface area contributed by atoms with Crippen LogP contribution in [-0.4, -0.2) is 36.0 Å². The highest BCUT2D eigenvalue weighted by Crippen LogP contribution is 2.11. The molecule has 0 spiro atoms. The van der Waals surface area contributed by atoms with Crippen molar-refractivity contribution in [2.75, 3.05) is 18.5 Å². The summed E-state index contributed by atoms with van der Waals surface area (Å²) < 4.78 is 24.5. The lowest BCUT2D eigenvalue weighted by Crippen LogP contribution is -2.27. The van der Waals surface area contributed by atoms with E-state index in [0.29, 0.717) is 18.5 Å². The maximum Gasteiger partial charge on any atom is 0.255 e. The van der Waals surface area contributed by atoms with Crippen molar-refractivity contribution >= 4 is 5.95 Å². The van der Waals surface area contributed by atoms with Crippen molar-refractivity contribution < 1.29 is 8.78 Å². The summed E-state index contributed by atoms with van der Waals surface area (Å²) in [6, 6.07) is 0.380. The van der Waals surface area contributed by atoms with Gasteiger partial charge in [-0.25, -0.2) is 18.7 Å². The minimum Gasteiger partial charge on any atom is -0.338 e. The Balaban J connectivity index is 2.72. The third kappa shape index (κ3) is 4.52. The molecule has 0 fully saturated rings. The Bertz CT molecular complexity index is 382. The van der Waals surface area contributed by atoms with Crippen LogP contribution in [0.3, 0.4) is 0 Å². The van der Waals surface area contributed by atoms with E-state index in [4.69, 9.17) is 0 Å². The first-order valence-electron chi connectivity index (χ1n) is 5.95. The first-order valence-corrected chi connectivity index (χ1v) is 5.95. The molecule has 1 aromatic rings. The summed E-state index contributed by atoms with van der Waals surface area (Å²) in [6.07, 6.45) is -0.698. The van der Waals surface area contributed by atoms with Gasteiger partial charge < -0.3 is 10.2 Å². The molecule has 0 atom stereocenters. The van der Waals surface area contributed by atoms with Crippen LogP contribution in [0.1, 0.15) is 25.1 Å². The minimum atomic E-state index is -2.39. The van der Waals surface area contributed by atoms with Crippen molar-refractivity contribution in [3.8, 4) is 0 Å². The summed E-state index contributed by atoms with van der Waals surface area (Å²) in [5.41, 5.74) is 1.80. The topological polar surface area (TPSA) is 41.1 Å². The van der Waals surface area contributed by atoms with Gasteiger partial charge in [-0.05, 0) is 6.92 Å². The van der Waals surface area contributed by atoms with E-state index in [1.807, 2.05) is 6.92 Å². The molecular weight excluding hydrogens is 238 g/mol. The summed E-state index contributed by atoms with van der Waals surface area (Å²) in [5.74, 6) is 0.334. The lowest BCUT2D eigenvalue weighted by Gasteiger charge is -2.17. The van der Waals surface area contributed by atoms with E-state index in [2.05, 4.69) is 29.1 Å². The van der Waals surface area contributed by atoms with Crippen molar-refractivity contribution in [3.63, 3.8) is 0 Å². The van der Waals surface area contributed by atoms with Crippen LogP contribution >= 0.6 is 0 Å². The molecule has 0 aliphatic carbocycles. The summed E-state index contributed by atoms with van der Waals surface area (Å²) in [5, 5.41) is 3.27. The minimum absolute atomic E-state index is 0.334. The van der Waals surface area contributed by atoms with E-state index in [9.17, 15) is 8.78 Å². The number of nitrogens with one attached hydrogen (secondary N) is 1. The molecule has 18 heavy (non-hydrogen) atoms. The number of hydrogen-bond acceptors (Lipinski definition) is 4. The second-order valence-corrected chi connectivity index (χ2v) is 4.59. The van der Waals surface area contributed by atoms with Crippen LogP contribution in [0.2, 0.25) is 0 Å². The molecule has 0 bridgehead atoms. The predicted octanol–water partition coefficient (Wildman–Crippen LogP) is 1.98. The smallest absolute Gasteiger partial charge is 0.255 e. The second-order valence-electron chi connectivity index (χ2n) is 4.59. The normalized spacial score (nSPS) is 11.3. The van der Waals surface area contributed by atoms with E-state index < -0.39 is 6.43 Å². The first-order chi connectivity index (χ1) is 8.40. The van der Waals surface area contributed by atoms with E-state index in [1.54, 1.807) is 13.2 Å². The fourth-order valence-electron chi connectivity index (χ4n) is 1.44. The van der Waals surface area contributed by atoms with Crippen LogP contribution in [0.4, 0.5) is 14.7 Å². The highest BCUT2D eigenvalue weighted by Gasteiger charge is 2.12. The fraction of sp³-hybridized carbons (Fsp3) is 0.667. The second kappa shape index (κ2) is 6.58. The SMILES string of the molecule is Cc1nc(N(C)CC(F)F)ncc1CNC(C)C. The number of aromatic nitrogens is 2. The van der Waals surface area contributed by atoms with Gasteiger partial charge in [-0.1, -0.05) is 13.8 Å². The average molecular weight is 258 g/mol. The molecule has 0 unspecified atom stereocenters. The molecule has 1 N–H and O–H groups in total. The van der Waals surface area contributed by atoms with E-state index in [-0.39, 0.29) is 6.54 Å². The predicted molar refractivity (Wildman–Crippen MR) is 68.0 cm³/mol.